The Morgan fingerprint density at radius 3 is 2.66 bits per heavy atom. The molecule has 1 N–H and O–H groups in total. The number of amides is 1. The van der Waals surface area contributed by atoms with Crippen LogP contribution in [0.1, 0.15) is 53.0 Å². The Bertz CT molecular complexity index is 1370. The normalized spacial score (nSPS) is 16.8. The van der Waals surface area contributed by atoms with E-state index in [1.165, 1.54) is 24.1 Å². The van der Waals surface area contributed by atoms with Crippen molar-refractivity contribution < 1.29 is 4.79 Å². The van der Waals surface area contributed by atoms with E-state index in [9.17, 15) is 4.79 Å². The van der Waals surface area contributed by atoms with Crippen molar-refractivity contribution in [1.82, 2.24) is 19.7 Å². The van der Waals surface area contributed by atoms with Crippen molar-refractivity contribution in [3.8, 4) is 0 Å². The van der Waals surface area contributed by atoms with Gasteiger partial charge >= 0.3 is 0 Å². The van der Waals surface area contributed by atoms with Gasteiger partial charge in [0.15, 0.2) is 0 Å². The Balaban J connectivity index is 1.05. The number of pyridine rings is 2. The number of aromatic nitrogens is 3. The summed E-state index contributed by atoms with van der Waals surface area (Å²) in [6, 6.07) is 16.5. The van der Waals surface area contributed by atoms with E-state index < -0.39 is 0 Å². The van der Waals surface area contributed by atoms with Crippen LogP contribution in [-0.4, -0.2) is 33.4 Å². The van der Waals surface area contributed by atoms with Crippen LogP contribution in [0.2, 0.25) is 5.02 Å². The third-order valence-corrected chi connectivity index (χ3v) is 7.75. The van der Waals surface area contributed by atoms with Crippen molar-refractivity contribution in [2.75, 3.05) is 18.0 Å². The smallest absolute Gasteiger partial charge is 0.270 e. The number of anilines is 1. The Morgan fingerprint density at radius 1 is 1.14 bits per heavy atom. The van der Waals surface area contributed by atoms with Gasteiger partial charge in [-0.1, -0.05) is 42.8 Å². The third-order valence-electron chi connectivity index (χ3n) is 7.53. The van der Waals surface area contributed by atoms with E-state index in [4.69, 9.17) is 11.6 Å². The summed E-state index contributed by atoms with van der Waals surface area (Å²) in [6.07, 6.45) is 8.70. The number of carbonyl (C=O) groups is 1. The molecule has 0 unspecified atom stereocenters. The molecule has 2 fully saturated rings. The molecule has 2 aliphatic rings. The Kier molecular flexibility index (Phi) is 5.49. The highest BCUT2D eigenvalue weighted by atomic mass is 35.5. The summed E-state index contributed by atoms with van der Waals surface area (Å²) in [6.45, 7) is 4.75. The molecule has 35 heavy (non-hydrogen) atoms. The molecular formula is C28H28ClN5O. The molecule has 4 heterocycles. The van der Waals surface area contributed by atoms with Gasteiger partial charge in [0.2, 0.25) is 0 Å². The molecule has 7 heteroatoms. The molecule has 6 rings (SSSR count). The molecule has 1 saturated heterocycles. The number of carbonyl (C=O) groups excluding carboxylic acids is 1. The van der Waals surface area contributed by atoms with Crippen molar-refractivity contribution in [3.05, 3.63) is 94.7 Å². The van der Waals surface area contributed by atoms with Gasteiger partial charge in [-0.15, -0.1) is 0 Å². The van der Waals surface area contributed by atoms with Crippen LogP contribution in [0.25, 0.3) is 5.65 Å². The van der Waals surface area contributed by atoms with E-state index in [0.717, 1.165) is 30.0 Å². The fourth-order valence-electron chi connectivity index (χ4n) is 5.69. The fourth-order valence-corrected chi connectivity index (χ4v) is 5.86. The molecule has 1 saturated carbocycles. The molecule has 3 aromatic heterocycles. The topological polar surface area (TPSA) is 62.5 Å². The first-order valence-electron chi connectivity index (χ1n) is 12.2. The van der Waals surface area contributed by atoms with E-state index >= 15 is 0 Å². The first-order chi connectivity index (χ1) is 17.0. The van der Waals surface area contributed by atoms with Crippen LogP contribution in [-0.2, 0) is 13.0 Å². The van der Waals surface area contributed by atoms with Crippen LogP contribution in [0.5, 0.6) is 0 Å². The second kappa shape index (κ2) is 8.68. The van der Waals surface area contributed by atoms with Gasteiger partial charge in [-0.3, -0.25) is 14.2 Å². The van der Waals surface area contributed by atoms with Gasteiger partial charge in [-0.25, -0.2) is 4.98 Å². The highest BCUT2D eigenvalue weighted by Crippen LogP contribution is 2.56. The van der Waals surface area contributed by atoms with Crippen LogP contribution in [0, 0.1) is 5.41 Å². The Morgan fingerprint density at radius 2 is 1.94 bits per heavy atom. The zero-order valence-corrected chi connectivity index (χ0v) is 20.5. The minimum absolute atomic E-state index is 0.134. The highest BCUT2D eigenvalue weighted by molar-refractivity contribution is 6.30. The molecule has 0 radical (unpaired) electrons. The highest BCUT2D eigenvalue weighted by Gasteiger charge is 2.52. The van der Waals surface area contributed by atoms with E-state index in [1.54, 1.807) is 16.7 Å². The lowest BCUT2D eigenvalue weighted by Crippen LogP contribution is -2.61. The number of nitrogens with one attached hydrogen (secondary N) is 1. The van der Waals surface area contributed by atoms with Gasteiger partial charge in [0.25, 0.3) is 5.91 Å². The quantitative estimate of drug-likeness (QED) is 0.404. The third kappa shape index (κ3) is 4.06. The molecule has 0 atom stereocenters. The number of benzene rings is 1. The van der Waals surface area contributed by atoms with E-state index in [2.05, 4.69) is 50.5 Å². The van der Waals surface area contributed by atoms with Crippen LogP contribution in [0.4, 0.5) is 5.69 Å². The van der Waals surface area contributed by atoms with E-state index in [-0.39, 0.29) is 5.91 Å². The average Bonchev–Trinajstić information content (AvgIpc) is 3.20. The van der Waals surface area contributed by atoms with Crippen molar-refractivity contribution in [2.24, 2.45) is 5.41 Å². The first-order valence-corrected chi connectivity index (χ1v) is 12.6. The second-order valence-electron chi connectivity index (χ2n) is 9.93. The number of imidazole rings is 1. The zero-order valence-electron chi connectivity index (χ0n) is 19.7. The van der Waals surface area contributed by atoms with Gasteiger partial charge in [-0.05, 0) is 60.6 Å². The molecule has 4 aromatic rings. The van der Waals surface area contributed by atoms with Gasteiger partial charge in [0, 0.05) is 37.4 Å². The number of hydrogen-bond acceptors (Lipinski definition) is 4. The zero-order chi connectivity index (χ0) is 24.0. The van der Waals surface area contributed by atoms with E-state index in [0.29, 0.717) is 35.0 Å². The lowest BCUT2D eigenvalue weighted by atomic mass is 9.56. The summed E-state index contributed by atoms with van der Waals surface area (Å²) in [7, 11) is 0. The van der Waals surface area contributed by atoms with Crippen molar-refractivity contribution >= 4 is 28.8 Å². The first kappa shape index (κ1) is 22.1. The number of aryl methyl sites for hydroxylation is 1. The molecule has 1 aliphatic carbocycles. The number of halogens is 1. The molecule has 6 nitrogen and oxygen atoms in total. The fraction of sp³-hybridized carbons (Fsp3) is 0.321. The second-order valence-corrected chi connectivity index (χ2v) is 10.4. The Labute approximate surface area is 210 Å². The molecule has 1 amide bonds. The molecule has 1 aliphatic heterocycles. The summed E-state index contributed by atoms with van der Waals surface area (Å²) in [4.78, 5) is 24.3. The summed E-state index contributed by atoms with van der Waals surface area (Å²) in [5.74, 6) is 0.495. The predicted molar refractivity (Wildman–Crippen MR) is 138 cm³/mol. The summed E-state index contributed by atoms with van der Waals surface area (Å²) in [5, 5.41) is 3.64. The molecular weight excluding hydrogens is 458 g/mol. The van der Waals surface area contributed by atoms with Crippen molar-refractivity contribution in [3.63, 3.8) is 0 Å². The van der Waals surface area contributed by atoms with Crippen LogP contribution < -0.4 is 10.2 Å². The van der Waals surface area contributed by atoms with Gasteiger partial charge in [-0.2, -0.15) is 0 Å². The lowest BCUT2D eigenvalue weighted by Gasteiger charge is -2.60. The van der Waals surface area contributed by atoms with E-state index in [1.807, 2.05) is 31.5 Å². The largest absolute Gasteiger partial charge is 0.369 e. The summed E-state index contributed by atoms with van der Waals surface area (Å²) >= 11 is 6.16. The predicted octanol–water partition coefficient (Wildman–Crippen LogP) is 5.26. The number of rotatable bonds is 6. The number of hydrogen-bond donors (Lipinski definition) is 1. The SMILES string of the molecule is CCc1nc2ccc(Cl)cn2c1C(=O)NCc1ccc(C2CC3(C2)CN(c2cccnc2)C3)cc1. The van der Waals surface area contributed by atoms with Gasteiger partial charge < -0.3 is 10.2 Å². The van der Waals surface area contributed by atoms with Crippen LogP contribution in [0.3, 0.4) is 0 Å². The van der Waals surface area contributed by atoms with Crippen LogP contribution >= 0.6 is 11.6 Å². The maximum Gasteiger partial charge on any atom is 0.270 e. The Hall–Kier alpha value is -3.38. The lowest BCUT2D eigenvalue weighted by molar-refractivity contribution is 0.0633. The summed E-state index contributed by atoms with van der Waals surface area (Å²) in [5.41, 5.74) is 6.25. The number of nitrogens with zero attached hydrogens (tertiary/aromatic N) is 4. The average molecular weight is 486 g/mol. The minimum Gasteiger partial charge on any atom is -0.369 e. The molecule has 1 spiro atoms. The van der Waals surface area contributed by atoms with Crippen LogP contribution in [0.15, 0.2) is 67.1 Å². The maximum atomic E-state index is 13.0. The van der Waals surface area contributed by atoms with Crippen molar-refractivity contribution in [2.45, 2.75) is 38.6 Å². The minimum atomic E-state index is -0.134. The van der Waals surface area contributed by atoms with Crippen molar-refractivity contribution in [1.29, 1.82) is 0 Å². The molecule has 178 valence electrons. The summed E-state index contributed by atoms with van der Waals surface area (Å²) < 4.78 is 1.78. The van der Waals surface area contributed by atoms with Gasteiger partial charge in [0.1, 0.15) is 11.3 Å². The molecule has 1 aromatic carbocycles. The number of fused-ring (bicyclic) bond motifs is 1. The standard InChI is InChI=1S/C28H28ClN5O/c1-2-24-26(34-16-22(29)9-10-25(34)32-24)27(35)31-14-19-5-7-20(8-6-19)21-12-28(13-21)17-33(18-28)23-4-3-11-30-15-23/h3-11,15-16,21H,2,12-14,17-18H2,1H3,(H,31,35). The monoisotopic (exact) mass is 485 g/mol. The molecule has 0 bridgehead atoms. The maximum absolute atomic E-state index is 13.0. The van der Waals surface area contributed by atoms with Gasteiger partial charge in [0.05, 0.1) is 22.6 Å².